The zero-order valence-corrected chi connectivity index (χ0v) is 11.7. The van der Waals surface area contributed by atoms with Crippen molar-refractivity contribution < 1.29 is 4.74 Å². The number of aromatic nitrogens is 1. The standard InChI is InChI=1S/C13H22N2OS/c1-10(2)15-8-13(4-5-16-11(13)3)6-12-7-14-9-17-12/h7,9-11,15H,4-6,8H2,1-3H3. The van der Waals surface area contributed by atoms with Crippen molar-refractivity contribution in [2.45, 2.75) is 45.8 Å². The monoisotopic (exact) mass is 254 g/mol. The number of hydrogen-bond donors (Lipinski definition) is 1. The molecule has 0 amide bonds. The van der Waals surface area contributed by atoms with Crippen LogP contribution in [0, 0.1) is 5.41 Å². The lowest BCUT2D eigenvalue weighted by Gasteiger charge is -2.33. The molecule has 3 nitrogen and oxygen atoms in total. The van der Waals surface area contributed by atoms with Gasteiger partial charge in [0.1, 0.15) is 0 Å². The van der Waals surface area contributed by atoms with E-state index in [0.717, 1.165) is 26.0 Å². The number of hydrogen-bond acceptors (Lipinski definition) is 4. The molecule has 0 aromatic carbocycles. The zero-order chi connectivity index (χ0) is 12.3. The van der Waals surface area contributed by atoms with Gasteiger partial charge in [-0.15, -0.1) is 11.3 Å². The van der Waals surface area contributed by atoms with Crippen molar-refractivity contribution in [1.29, 1.82) is 0 Å². The topological polar surface area (TPSA) is 34.2 Å². The summed E-state index contributed by atoms with van der Waals surface area (Å²) in [6, 6.07) is 0.529. The molecule has 1 aromatic rings. The molecule has 0 radical (unpaired) electrons. The van der Waals surface area contributed by atoms with Crippen molar-refractivity contribution in [3.05, 3.63) is 16.6 Å². The Balaban J connectivity index is 2.07. The van der Waals surface area contributed by atoms with Gasteiger partial charge < -0.3 is 10.1 Å². The third-order valence-electron chi connectivity index (χ3n) is 3.70. The first-order chi connectivity index (χ1) is 8.12. The third kappa shape index (κ3) is 3.06. The van der Waals surface area contributed by atoms with Crippen molar-refractivity contribution in [1.82, 2.24) is 10.3 Å². The smallest absolute Gasteiger partial charge is 0.0794 e. The Kier molecular flexibility index (Phi) is 4.17. The first kappa shape index (κ1) is 13.0. The molecule has 1 aliphatic rings. The Bertz CT molecular complexity index is 339. The molecule has 0 aliphatic carbocycles. The quantitative estimate of drug-likeness (QED) is 0.876. The molecule has 96 valence electrons. The molecular formula is C13H22N2OS. The fraction of sp³-hybridized carbons (Fsp3) is 0.769. The van der Waals surface area contributed by atoms with Crippen LogP contribution in [-0.4, -0.2) is 30.3 Å². The lowest BCUT2D eigenvalue weighted by Crippen LogP contribution is -2.43. The average Bonchev–Trinajstić information content (AvgIpc) is 2.88. The predicted octanol–water partition coefficient (Wildman–Crippen LogP) is 2.48. The minimum absolute atomic E-state index is 0.247. The molecule has 0 saturated carbocycles. The molecule has 2 heterocycles. The van der Waals surface area contributed by atoms with E-state index >= 15 is 0 Å². The van der Waals surface area contributed by atoms with Crippen molar-refractivity contribution in [2.75, 3.05) is 13.2 Å². The highest BCUT2D eigenvalue weighted by Crippen LogP contribution is 2.38. The summed E-state index contributed by atoms with van der Waals surface area (Å²) in [5.74, 6) is 0. The van der Waals surface area contributed by atoms with Gasteiger partial charge in [0.05, 0.1) is 11.6 Å². The van der Waals surface area contributed by atoms with Gasteiger partial charge in [0.25, 0.3) is 0 Å². The normalized spacial score (nSPS) is 29.1. The van der Waals surface area contributed by atoms with E-state index < -0.39 is 0 Å². The van der Waals surface area contributed by atoms with Crippen LogP contribution >= 0.6 is 11.3 Å². The summed E-state index contributed by atoms with van der Waals surface area (Å²) in [5.41, 5.74) is 2.16. The highest BCUT2D eigenvalue weighted by molar-refractivity contribution is 7.09. The second kappa shape index (κ2) is 5.46. The van der Waals surface area contributed by atoms with Crippen LogP contribution in [-0.2, 0) is 11.2 Å². The Labute approximate surface area is 108 Å². The summed E-state index contributed by atoms with van der Waals surface area (Å²) in [5, 5.41) is 3.58. The maximum absolute atomic E-state index is 5.79. The second-order valence-corrected chi connectivity index (χ2v) is 6.28. The maximum atomic E-state index is 5.79. The van der Waals surface area contributed by atoms with Crippen LogP contribution in [0.3, 0.4) is 0 Å². The van der Waals surface area contributed by atoms with E-state index in [4.69, 9.17) is 4.74 Å². The Morgan fingerprint density at radius 3 is 3.00 bits per heavy atom. The molecule has 1 fully saturated rings. The third-order valence-corrected chi connectivity index (χ3v) is 4.48. The van der Waals surface area contributed by atoms with Gasteiger partial charge in [-0.2, -0.15) is 0 Å². The van der Waals surface area contributed by atoms with Gasteiger partial charge in [0.15, 0.2) is 0 Å². The fourth-order valence-electron chi connectivity index (χ4n) is 2.43. The van der Waals surface area contributed by atoms with Gasteiger partial charge in [-0.1, -0.05) is 13.8 Å². The van der Waals surface area contributed by atoms with Crippen LogP contribution in [0.4, 0.5) is 0 Å². The molecule has 2 rings (SSSR count). The summed E-state index contributed by atoms with van der Waals surface area (Å²) in [7, 11) is 0. The number of rotatable bonds is 5. The second-order valence-electron chi connectivity index (χ2n) is 5.31. The summed E-state index contributed by atoms with van der Waals surface area (Å²) in [6.45, 7) is 8.52. The Hall–Kier alpha value is -0.450. The maximum Gasteiger partial charge on any atom is 0.0794 e. The number of thiazole rings is 1. The van der Waals surface area contributed by atoms with Crippen LogP contribution in [0.25, 0.3) is 0 Å². The summed E-state index contributed by atoms with van der Waals surface area (Å²) >= 11 is 1.75. The van der Waals surface area contributed by atoms with Crippen LogP contribution < -0.4 is 5.32 Å². The molecule has 1 saturated heterocycles. The molecular weight excluding hydrogens is 232 g/mol. The highest BCUT2D eigenvalue weighted by Gasteiger charge is 2.41. The Morgan fingerprint density at radius 1 is 1.65 bits per heavy atom. The van der Waals surface area contributed by atoms with E-state index in [1.54, 1.807) is 11.3 Å². The number of nitrogens with zero attached hydrogens (tertiary/aromatic N) is 1. The zero-order valence-electron chi connectivity index (χ0n) is 10.9. The molecule has 1 aliphatic heterocycles. The number of ether oxygens (including phenoxy) is 1. The minimum atomic E-state index is 0.247. The van der Waals surface area contributed by atoms with Gasteiger partial charge in [-0.05, 0) is 19.8 Å². The van der Waals surface area contributed by atoms with Crippen molar-refractivity contribution in [2.24, 2.45) is 5.41 Å². The SMILES string of the molecule is CC(C)NCC1(Cc2cncs2)CCOC1C. The van der Waals surface area contributed by atoms with Crippen LogP contribution in [0.2, 0.25) is 0 Å². The first-order valence-electron chi connectivity index (χ1n) is 6.35. The van der Waals surface area contributed by atoms with E-state index in [9.17, 15) is 0 Å². The van der Waals surface area contributed by atoms with Gasteiger partial charge >= 0.3 is 0 Å². The van der Waals surface area contributed by atoms with Crippen LogP contribution in [0.15, 0.2) is 11.7 Å². The van der Waals surface area contributed by atoms with E-state index in [0.29, 0.717) is 12.1 Å². The summed E-state index contributed by atoms with van der Waals surface area (Å²) < 4.78 is 5.79. The summed E-state index contributed by atoms with van der Waals surface area (Å²) in [6.07, 6.45) is 4.55. The minimum Gasteiger partial charge on any atom is -0.378 e. The van der Waals surface area contributed by atoms with Crippen LogP contribution in [0.1, 0.15) is 32.1 Å². The molecule has 0 bridgehead atoms. The predicted molar refractivity (Wildman–Crippen MR) is 71.4 cm³/mol. The molecule has 17 heavy (non-hydrogen) atoms. The highest BCUT2D eigenvalue weighted by atomic mass is 32.1. The van der Waals surface area contributed by atoms with Crippen molar-refractivity contribution in [3.8, 4) is 0 Å². The van der Waals surface area contributed by atoms with E-state index in [2.05, 4.69) is 31.1 Å². The van der Waals surface area contributed by atoms with E-state index in [-0.39, 0.29) is 5.41 Å². The van der Waals surface area contributed by atoms with Crippen LogP contribution in [0.5, 0.6) is 0 Å². The van der Waals surface area contributed by atoms with E-state index in [1.165, 1.54) is 4.88 Å². The van der Waals surface area contributed by atoms with Gasteiger partial charge in [0.2, 0.25) is 0 Å². The van der Waals surface area contributed by atoms with Crippen molar-refractivity contribution in [3.63, 3.8) is 0 Å². The first-order valence-corrected chi connectivity index (χ1v) is 7.23. The van der Waals surface area contributed by atoms with E-state index in [1.807, 2.05) is 11.7 Å². The van der Waals surface area contributed by atoms with Gasteiger partial charge in [0, 0.05) is 35.7 Å². The van der Waals surface area contributed by atoms with Gasteiger partial charge in [-0.25, -0.2) is 0 Å². The molecule has 1 N–H and O–H groups in total. The lowest BCUT2D eigenvalue weighted by atomic mass is 9.78. The lowest BCUT2D eigenvalue weighted by molar-refractivity contribution is 0.0624. The average molecular weight is 254 g/mol. The Morgan fingerprint density at radius 2 is 2.47 bits per heavy atom. The number of nitrogens with one attached hydrogen (secondary N) is 1. The summed E-state index contributed by atoms with van der Waals surface area (Å²) in [4.78, 5) is 5.54. The molecule has 1 aromatic heterocycles. The molecule has 0 spiro atoms. The fourth-order valence-corrected chi connectivity index (χ4v) is 3.18. The molecule has 2 atom stereocenters. The molecule has 4 heteroatoms. The van der Waals surface area contributed by atoms with Gasteiger partial charge in [-0.3, -0.25) is 4.98 Å². The van der Waals surface area contributed by atoms with Crippen molar-refractivity contribution >= 4 is 11.3 Å². The molecule has 2 unspecified atom stereocenters. The largest absolute Gasteiger partial charge is 0.378 e.